The molecule has 0 aliphatic heterocycles. The maximum absolute atomic E-state index is 12.3. The number of hydrogen-bond donors (Lipinski definition) is 1. The first-order valence-corrected chi connectivity index (χ1v) is 13.8. The average molecular weight is 465 g/mol. The molecule has 0 bridgehead atoms. The van der Waals surface area contributed by atoms with Crippen LogP contribution in [0.2, 0.25) is 0 Å². The molecule has 33 heavy (non-hydrogen) atoms. The lowest BCUT2D eigenvalue weighted by atomic mass is 10.1. The second-order valence-electron chi connectivity index (χ2n) is 9.22. The van der Waals surface area contributed by atoms with Gasteiger partial charge >= 0.3 is 11.9 Å². The van der Waals surface area contributed by atoms with E-state index in [1.54, 1.807) is 0 Å². The van der Waals surface area contributed by atoms with Gasteiger partial charge in [0.25, 0.3) is 0 Å². The Kier molecular flexibility index (Phi) is 23.9. The molecule has 4 heteroatoms. The molecule has 0 radical (unpaired) electrons. The number of unbranched alkanes of at least 4 members (excludes halogenated alkanes) is 13. The van der Waals surface area contributed by atoms with Crippen molar-refractivity contribution in [3.05, 3.63) is 24.3 Å². The first-order valence-electron chi connectivity index (χ1n) is 13.8. The van der Waals surface area contributed by atoms with Gasteiger partial charge in [0.05, 0.1) is 0 Å². The van der Waals surface area contributed by atoms with Crippen molar-refractivity contribution in [1.29, 1.82) is 0 Å². The van der Waals surface area contributed by atoms with Crippen LogP contribution < -0.4 is 0 Å². The SMILES string of the molecule is CCCC/C=C\C(CCCCCCC(=O)O)OC(=O)CCCCCCC/C=C\CCCCC. The zero-order valence-electron chi connectivity index (χ0n) is 21.7. The molecule has 0 aromatic rings. The summed E-state index contributed by atoms with van der Waals surface area (Å²) < 4.78 is 5.75. The second-order valence-corrected chi connectivity index (χ2v) is 9.22. The van der Waals surface area contributed by atoms with Crippen LogP contribution in [0.3, 0.4) is 0 Å². The predicted octanol–water partition coefficient (Wildman–Crippen LogP) is 8.94. The van der Waals surface area contributed by atoms with Crippen molar-refractivity contribution in [2.45, 2.75) is 148 Å². The Morgan fingerprint density at radius 1 is 0.667 bits per heavy atom. The predicted molar refractivity (Wildman–Crippen MR) is 139 cm³/mol. The molecule has 0 fully saturated rings. The highest BCUT2D eigenvalue weighted by atomic mass is 16.5. The lowest BCUT2D eigenvalue weighted by molar-refractivity contribution is -0.147. The van der Waals surface area contributed by atoms with Gasteiger partial charge in [-0.1, -0.05) is 89.9 Å². The zero-order chi connectivity index (χ0) is 24.4. The molecule has 1 unspecified atom stereocenters. The molecule has 1 N–H and O–H groups in total. The molecule has 0 aliphatic rings. The zero-order valence-corrected chi connectivity index (χ0v) is 21.7. The maximum Gasteiger partial charge on any atom is 0.306 e. The third-order valence-electron chi connectivity index (χ3n) is 5.88. The van der Waals surface area contributed by atoms with E-state index in [9.17, 15) is 9.59 Å². The molecule has 0 spiro atoms. The van der Waals surface area contributed by atoms with Crippen molar-refractivity contribution in [2.24, 2.45) is 0 Å². The largest absolute Gasteiger partial charge is 0.481 e. The number of ether oxygens (including phenoxy) is 1. The normalized spacial score (nSPS) is 12.5. The number of carbonyl (C=O) groups excluding carboxylic acids is 1. The summed E-state index contributed by atoms with van der Waals surface area (Å²) in [5.41, 5.74) is 0. The molecule has 0 aromatic carbocycles. The summed E-state index contributed by atoms with van der Waals surface area (Å²) in [5, 5.41) is 8.71. The Bertz CT molecular complexity index is 510. The smallest absolute Gasteiger partial charge is 0.306 e. The van der Waals surface area contributed by atoms with Gasteiger partial charge in [-0.15, -0.1) is 0 Å². The first kappa shape index (κ1) is 31.4. The standard InChI is InChI=1S/C29H52O4/c1-3-5-7-9-10-11-12-13-14-15-16-22-26-29(32)33-27(23-19-8-6-4-2)24-20-17-18-21-25-28(30)31/h10-11,19,23,27H,3-9,12-18,20-22,24-26H2,1-2H3,(H,30,31)/b11-10-,23-19-. The average Bonchev–Trinajstić information content (AvgIpc) is 2.79. The van der Waals surface area contributed by atoms with Crippen LogP contribution in [0, 0.1) is 0 Å². The van der Waals surface area contributed by atoms with Gasteiger partial charge in [-0.05, 0) is 63.9 Å². The van der Waals surface area contributed by atoms with Gasteiger partial charge in [-0.3, -0.25) is 9.59 Å². The number of carboxylic acid groups (broad SMARTS) is 1. The van der Waals surface area contributed by atoms with E-state index in [2.05, 4.69) is 38.2 Å². The minimum Gasteiger partial charge on any atom is -0.481 e. The molecular formula is C29H52O4. The third-order valence-corrected chi connectivity index (χ3v) is 5.88. The van der Waals surface area contributed by atoms with Gasteiger partial charge in [-0.25, -0.2) is 0 Å². The van der Waals surface area contributed by atoms with Crippen LogP contribution in [0.25, 0.3) is 0 Å². The van der Waals surface area contributed by atoms with Crippen LogP contribution in [0.5, 0.6) is 0 Å². The summed E-state index contributed by atoms with van der Waals surface area (Å²) in [6.45, 7) is 4.41. The molecule has 0 amide bonds. The maximum atomic E-state index is 12.3. The molecule has 0 rings (SSSR count). The van der Waals surface area contributed by atoms with Gasteiger partial charge < -0.3 is 9.84 Å². The fourth-order valence-corrected chi connectivity index (χ4v) is 3.78. The van der Waals surface area contributed by atoms with E-state index in [1.165, 1.54) is 51.4 Å². The number of carbonyl (C=O) groups is 2. The number of allylic oxidation sites excluding steroid dienone is 3. The highest BCUT2D eigenvalue weighted by Crippen LogP contribution is 2.14. The summed E-state index contributed by atoms with van der Waals surface area (Å²) in [4.78, 5) is 22.9. The number of aliphatic carboxylic acids is 1. The lowest BCUT2D eigenvalue weighted by Gasteiger charge is -2.14. The van der Waals surface area contributed by atoms with Crippen molar-refractivity contribution >= 4 is 11.9 Å². The van der Waals surface area contributed by atoms with Crippen LogP contribution >= 0.6 is 0 Å². The molecule has 192 valence electrons. The summed E-state index contributed by atoms with van der Waals surface area (Å²) in [6.07, 6.45) is 29.2. The first-order chi connectivity index (χ1) is 16.1. The summed E-state index contributed by atoms with van der Waals surface area (Å²) in [5.74, 6) is -0.809. The monoisotopic (exact) mass is 464 g/mol. The fourth-order valence-electron chi connectivity index (χ4n) is 3.78. The van der Waals surface area contributed by atoms with E-state index in [1.807, 2.05) is 0 Å². The van der Waals surface area contributed by atoms with E-state index in [0.717, 1.165) is 64.2 Å². The highest BCUT2D eigenvalue weighted by molar-refractivity contribution is 5.69. The van der Waals surface area contributed by atoms with Crippen molar-refractivity contribution in [1.82, 2.24) is 0 Å². The van der Waals surface area contributed by atoms with Crippen LogP contribution in [0.1, 0.15) is 142 Å². The van der Waals surface area contributed by atoms with Gasteiger partial charge in [-0.2, -0.15) is 0 Å². The van der Waals surface area contributed by atoms with Crippen molar-refractivity contribution < 1.29 is 19.4 Å². The van der Waals surface area contributed by atoms with Crippen molar-refractivity contribution in [3.8, 4) is 0 Å². The Morgan fingerprint density at radius 2 is 1.21 bits per heavy atom. The Balaban J connectivity index is 3.94. The number of hydrogen-bond acceptors (Lipinski definition) is 3. The molecule has 0 heterocycles. The molecule has 0 aliphatic carbocycles. The fraction of sp³-hybridized carbons (Fsp3) is 0.793. The molecule has 1 atom stereocenters. The third kappa shape index (κ3) is 24.9. The van der Waals surface area contributed by atoms with Gasteiger partial charge in [0.1, 0.15) is 6.10 Å². The topological polar surface area (TPSA) is 63.6 Å². The van der Waals surface area contributed by atoms with E-state index < -0.39 is 5.97 Å². The van der Waals surface area contributed by atoms with Crippen LogP contribution in [-0.4, -0.2) is 23.1 Å². The number of rotatable bonds is 24. The van der Waals surface area contributed by atoms with Crippen molar-refractivity contribution in [3.63, 3.8) is 0 Å². The number of esters is 1. The molecular weight excluding hydrogens is 412 g/mol. The number of carboxylic acids is 1. The summed E-state index contributed by atoms with van der Waals surface area (Å²) in [7, 11) is 0. The lowest BCUT2D eigenvalue weighted by Crippen LogP contribution is -2.16. The Labute approximate surface area is 204 Å². The minimum absolute atomic E-state index is 0.0824. The van der Waals surface area contributed by atoms with E-state index in [4.69, 9.17) is 9.84 Å². The summed E-state index contributed by atoms with van der Waals surface area (Å²) in [6, 6.07) is 0. The molecule has 0 saturated carbocycles. The van der Waals surface area contributed by atoms with Crippen LogP contribution in [0.15, 0.2) is 24.3 Å². The summed E-state index contributed by atoms with van der Waals surface area (Å²) >= 11 is 0. The molecule has 0 saturated heterocycles. The minimum atomic E-state index is -0.727. The molecule has 4 nitrogen and oxygen atoms in total. The van der Waals surface area contributed by atoms with E-state index in [0.29, 0.717) is 6.42 Å². The highest BCUT2D eigenvalue weighted by Gasteiger charge is 2.11. The van der Waals surface area contributed by atoms with Crippen LogP contribution in [-0.2, 0) is 14.3 Å². The van der Waals surface area contributed by atoms with Gasteiger partial charge in [0, 0.05) is 12.8 Å². The van der Waals surface area contributed by atoms with Crippen LogP contribution in [0.4, 0.5) is 0 Å². The van der Waals surface area contributed by atoms with Gasteiger partial charge in [0.15, 0.2) is 0 Å². The Hall–Kier alpha value is -1.58. The molecule has 0 aromatic heterocycles. The van der Waals surface area contributed by atoms with E-state index >= 15 is 0 Å². The quantitative estimate of drug-likeness (QED) is 0.0879. The second kappa shape index (κ2) is 25.1. The van der Waals surface area contributed by atoms with E-state index in [-0.39, 0.29) is 18.5 Å². The van der Waals surface area contributed by atoms with Gasteiger partial charge in [0.2, 0.25) is 0 Å². The Morgan fingerprint density at radius 3 is 1.88 bits per heavy atom. The van der Waals surface area contributed by atoms with Crippen molar-refractivity contribution in [2.75, 3.05) is 0 Å².